The number of carboxylic acids is 1. The number of carboxylic acid groups (broad SMARTS) is 1. The van der Waals surface area contributed by atoms with E-state index in [9.17, 15) is 4.79 Å². The number of hydrogen-bond acceptors (Lipinski definition) is 4. The maximum atomic E-state index is 11.1. The van der Waals surface area contributed by atoms with Crippen LogP contribution in [0.25, 0.3) is 0 Å². The van der Waals surface area contributed by atoms with Gasteiger partial charge in [-0.15, -0.1) is 0 Å². The molecule has 0 bridgehead atoms. The van der Waals surface area contributed by atoms with Crippen molar-refractivity contribution in [2.45, 2.75) is 13.0 Å². The van der Waals surface area contributed by atoms with E-state index in [0.29, 0.717) is 6.54 Å². The van der Waals surface area contributed by atoms with Crippen LogP contribution in [-0.2, 0) is 13.0 Å². The summed E-state index contributed by atoms with van der Waals surface area (Å²) < 4.78 is 0. The normalized spacial score (nSPS) is 10.7. The number of aromatic nitrogens is 2. The molecule has 0 fully saturated rings. The van der Waals surface area contributed by atoms with Crippen LogP contribution >= 0.6 is 0 Å². The molecule has 5 nitrogen and oxygen atoms in total. The van der Waals surface area contributed by atoms with Crippen molar-refractivity contribution in [3.05, 3.63) is 59.7 Å². The van der Waals surface area contributed by atoms with Crippen LogP contribution in [-0.4, -0.2) is 39.5 Å². The van der Waals surface area contributed by atoms with E-state index in [1.807, 2.05) is 19.2 Å². The van der Waals surface area contributed by atoms with E-state index in [2.05, 4.69) is 14.9 Å². The summed E-state index contributed by atoms with van der Waals surface area (Å²) in [4.78, 5) is 21.1. The van der Waals surface area contributed by atoms with Gasteiger partial charge in [0.2, 0.25) is 0 Å². The average molecular weight is 271 g/mol. The highest BCUT2D eigenvalue weighted by Gasteiger charge is 2.12. The average Bonchev–Trinajstić information content (AvgIpc) is 2.46. The summed E-state index contributed by atoms with van der Waals surface area (Å²) in [5, 5.41) is 9.10. The zero-order valence-corrected chi connectivity index (χ0v) is 11.4. The van der Waals surface area contributed by atoms with Gasteiger partial charge in [-0.2, -0.15) is 0 Å². The fourth-order valence-corrected chi connectivity index (χ4v) is 2.00. The third-order valence-electron chi connectivity index (χ3n) is 3.07. The third kappa shape index (κ3) is 3.86. The van der Waals surface area contributed by atoms with Gasteiger partial charge >= 0.3 is 5.97 Å². The monoisotopic (exact) mass is 271 g/mol. The topological polar surface area (TPSA) is 66.3 Å². The molecule has 2 heterocycles. The van der Waals surface area contributed by atoms with Crippen molar-refractivity contribution in [1.82, 2.24) is 14.9 Å². The molecule has 2 rings (SSSR count). The van der Waals surface area contributed by atoms with Crippen molar-refractivity contribution >= 4 is 5.97 Å². The van der Waals surface area contributed by atoms with E-state index in [1.165, 1.54) is 11.8 Å². The second-order valence-electron chi connectivity index (χ2n) is 4.66. The van der Waals surface area contributed by atoms with Crippen LogP contribution in [0.15, 0.2) is 42.9 Å². The summed E-state index contributed by atoms with van der Waals surface area (Å²) in [5.41, 5.74) is 2.08. The predicted molar refractivity (Wildman–Crippen MR) is 75.5 cm³/mol. The zero-order valence-electron chi connectivity index (χ0n) is 11.4. The summed E-state index contributed by atoms with van der Waals surface area (Å²) in [6, 6.07) is 7.54. The van der Waals surface area contributed by atoms with Gasteiger partial charge < -0.3 is 10.0 Å². The van der Waals surface area contributed by atoms with Gasteiger partial charge in [-0.3, -0.25) is 4.98 Å². The first kappa shape index (κ1) is 14.1. The molecule has 2 aromatic rings. The molecule has 0 saturated heterocycles. The van der Waals surface area contributed by atoms with E-state index >= 15 is 0 Å². The predicted octanol–water partition coefficient (Wildman–Crippen LogP) is 1.85. The first-order valence-corrected chi connectivity index (χ1v) is 6.41. The highest BCUT2D eigenvalue weighted by Crippen LogP contribution is 2.09. The summed E-state index contributed by atoms with van der Waals surface area (Å²) in [5.74, 6) is -0.983. The summed E-state index contributed by atoms with van der Waals surface area (Å²) in [6.07, 6.45) is 5.96. The van der Waals surface area contributed by atoms with E-state index < -0.39 is 5.97 Å². The van der Waals surface area contributed by atoms with Crippen LogP contribution in [0.2, 0.25) is 0 Å². The molecule has 0 aliphatic rings. The van der Waals surface area contributed by atoms with Crippen molar-refractivity contribution < 1.29 is 9.90 Å². The molecular formula is C15H17N3O2. The number of hydrogen-bond donors (Lipinski definition) is 1. The largest absolute Gasteiger partial charge is 0.477 e. The number of likely N-dealkylation sites (N-methyl/N-ethyl adjacent to an activating group) is 1. The lowest BCUT2D eigenvalue weighted by molar-refractivity contribution is 0.0688. The molecule has 0 saturated carbocycles. The number of rotatable bonds is 6. The van der Waals surface area contributed by atoms with Crippen molar-refractivity contribution in [1.29, 1.82) is 0 Å². The summed E-state index contributed by atoms with van der Waals surface area (Å²) in [7, 11) is 1.97. The third-order valence-corrected chi connectivity index (χ3v) is 3.07. The first-order chi connectivity index (χ1) is 9.66. The van der Waals surface area contributed by atoms with Crippen LogP contribution in [0.3, 0.4) is 0 Å². The van der Waals surface area contributed by atoms with Crippen LogP contribution in [0.1, 0.15) is 21.6 Å². The number of pyridine rings is 2. The van der Waals surface area contributed by atoms with E-state index in [4.69, 9.17) is 5.11 Å². The molecule has 2 aromatic heterocycles. The van der Waals surface area contributed by atoms with E-state index in [-0.39, 0.29) is 5.69 Å². The summed E-state index contributed by atoms with van der Waals surface area (Å²) >= 11 is 0. The molecule has 0 radical (unpaired) electrons. The highest BCUT2D eigenvalue weighted by molar-refractivity contribution is 5.86. The summed E-state index contributed by atoms with van der Waals surface area (Å²) in [6.45, 7) is 1.42. The Balaban J connectivity index is 1.95. The smallest absolute Gasteiger partial charge is 0.354 e. The Morgan fingerprint density at radius 1 is 1.25 bits per heavy atom. The van der Waals surface area contributed by atoms with Crippen molar-refractivity contribution in [2.24, 2.45) is 0 Å². The molecule has 104 valence electrons. The highest BCUT2D eigenvalue weighted by atomic mass is 16.4. The van der Waals surface area contributed by atoms with Crippen LogP contribution < -0.4 is 0 Å². The molecule has 20 heavy (non-hydrogen) atoms. The maximum absolute atomic E-state index is 11.1. The van der Waals surface area contributed by atoms with Gasteiger partial charge in [-0.05, 0) is 42.8 Å². The number of nitrogens with zero attached hydrogens (tertiary/aromatic N) is 3. The van der Waals surface area contributed by atoms with Gasteiger partial charge in [0.05, 0.1) is 0 Å². The van der Waals surface area contributed by atoms with Crippen molar-refractivity contribution in [3.63, 3.8) is 0 Å². The minimum Gasteiger partial charge on any atom is -0.477 e. The number of carbonyl (C=O) groups is 1. The lowest BCUT2D eigenvalue weighted by atomic mass is 10.1. The maximum Gasteiger partial charge on any atom is 0.354 e. The molecule has 0 unspecified atom stereocenters. The lowest BCUT2D eigenvalue weighted by Crippen LogP contribution is -2.22. The minimum absolute atomic E-state index is 0.128. The van der Waals surface area contributed by atoms with Gasteiger partial charge in [0.25, 0.3) is 0 Å². The molecule has 0 atom stereocenters. The van der Waals surface area contributed by atoms with Crippen LogP contribution in [0.4, 0.5) is 0 Å². The van der Waals surface area contributed by atoms with Gasteiger partial charge in [0.15, 0.2) is 5.69 Å². The Morgan fingerprint density at radius 3 is 2.70 bits per heavy atom. The second kappa shape index (κ2) is 6.77. The zero-order chi connectivity index (χ0) is 14.4. The molecule has 0 spiro atoms. The van der Waals surface area contributed by atoms with Gasteiger partial charge in [0.1, 0.15) is 0 Å². The van der Waals surface area contributed by atoms with Crippen LogP contribution in [0, 0.1) is 0 Å². The Bertz CT molecular complexity index is 572. The van der Waals surface area contributed by atoms with E-state index in [0.717, 1.165) is 18.5 Å². The molecule has 0 aromatic carbocycles. The molecule has 0 amide bonds. The lowest BCUT2D eigenvalue weighted by Gasteiger charge is -2.17. The van der Waals surface area contributed by atoms with Crippen LogP contribution in [0.5, 0.6) is 0 Å². The molecule has 5 heteroatoms. The van der Waals surface area contributed by atoms with Gasteiger partial charge in [-0.25, -0.2) is 9.78 Å². The fraction of sp³-hybridized carbons (Fsp3) is 0.267. The van der Waals surface area contributed by atoms with Crippen molar-refractivity contribution in [2.75, 3.05) is 13.6 Å². The quantitative estimate of drug-likeness (QED) is 0.868. The first-order valence-electron chi connectivity index (χ1n) is 6.41. The molecule has 0 aliphatic heterocycles. The van der Waals surface area contributed by atoms with Crippen molar-refractivity contribution in [3.8, 4) is 0 Å². The number of aromatic carboxylic acids is 1. The van der Waals surface area contributed by atoms with E-state index in [1.54, 1.807) is 24.5 Å². The Labute approximate surface area is 117 Å². The Kier molecular flexibility index (Phi) is 4.79. The minimum atomic E-state index is -0.983. The molecule has 0 aliphatic carbocycles. The molecule has 1 N–H and O–H groups in total. The molecular weight excluding hydrogens is 254 g/mol. The Hall–Kier alpha value is -2.27. The Morgan fingerprint density at radius 2 is 2.00 bits per heavy atom. The van der Waals surface area contributed by atoms with Gasteiger partial charge in [0, 0.05) is 31.7 Å². The fourth-order valence-electron chi connectivity index (χ4n) is 2.00. The second-order valence-corrected chi connectivity index (χ2v) is 4.66. The SMILES string of the molecule is CN(CCc1ccncc1)Cc1cccnc1C(=O)O. The standard InChI is InChI=1S/C15H17N3O2/c1-18(10-6-12-4-8-16-9-5-12)11-13-3-2-7-17-14(13)15(19)20/h2-5,7-9H,6,10-11H2,1H3,(H,19,20). The van der Waals surface area contributed by atoms with Gasteiger partial charge in [-0.1, -0.05) is 6.07 Å².